The quantitative estimate of drug-likeness (QED) is 0.651. The smallest absolute Gasteiger partial charge is 0.161 e. The minimum Gasteiger partial charge on any atom is -0.486 e. The Morgan fingerprint density at radius 2 is 1.89 bits per heavy atom. The molecule has 1 aliphatic heterocycles. The Morgan fingerprint density at radius 3 is 2.58 bits per heavy atom. The second-order valence-electron chi connectivity index (χ2n) is 4.45. The molecule has 0 spiro atoms. The maximum absolute atomic E-state index is 5.64. The summed E-state index contributed by atoms with van der Waals surface area (Å²) >= 11 is 0. The minimum atomic E-state index is -0.204. The zero-order valence-corrected chi connectivity index (χ0v) is 10.7. The number of aryl methyl sites for hydroxylation is 1. The third-order valence-corrected chi connectivity index (χ3v) is 3.11. The molecule has 5 nitrogen and oxygen atoms in total. The molecule has 0 bridgehead atoms. The van der Waals surface area contributed by atoms with E-state index in [-0.39, 0.29) is 6.04 Å². The maximum atomic E-state index is 5.64. The van der Waals surface area contributed by atoms with Gasteiger partial charge in [-0.3, -0.25) is 5.84 Å². The summed E-state index contributed by atoms with van der Waals surface area (Å²) in [7, 11) is 0. The molecule has 3 rings (SSSR count). The lowest BCUT2D eigenvalue weighted by Crippen LogP contribution is -2.28. The number of hydrogen-bond donors (Lipinski definition) is 2. The lowest BCUT2D eigenvalue weighted by molar-refractivity contribution is 0.171. The van der Waals surface area contributed by atoms with Gasteiger partial charge in [-0.05, 0) is 36.8 Å². The van der Waals surface area contributed by atoms with Crippen molar-refractivity contribution in [3.05, 3.63) is 47.4 Å². The number of furan rings is 1. The van der Waals surface area contributed by atoms with Crippen LogP contribution in [0.4, 0.5) is 0 Å². The first kappa shape index (κ1) is 12.1. The summed E-state index contributed by atoms with van der Waals surface area (Å²) in [4.78, 5) is 0. The van der Waals surface area contributed by atoms with Gasteiger partial charge in [-0.1, -0.05) is 6.07 Å². The fourth-order valence-corrected chi connectivity index (χ4v) is 2.19. The standard InChI is InChI=1S/C14H16N2O3/c1-9-2-4-12(19-9)14(16-15)10-3-5-11-13(8-10)18-7-6-17-11/h2-5,8,14,16H,6-7,15H2,1H3. The van der Waals surface area contributed by atoms with Crippen molar-refractivity contribution < 1.29 is 13.9 Å². The van der Waals surface area contributed by atoms with Crippen LogP contribution in [0.25, 0.3) is 0 Å². The van der Waals surface area contributed by atoms with Crippen LogP contribution in [-0.2, 0) is 0 Å². The first-order valence-electron chi connectivity index (χ1n) is 6.20. The number of hydrogen-bond acceptors (Lipinski definition) is 5. The predicted molar refractivity (Wildman–Crippen MR) is 70.0 cm³/mol. The van der Waals surface area contributed by atoms with Crippen LogP contribution >= 0.6 is 0 Å². The summed E-state index contributed by atoms with van der Waals surface area (Å²) < 4.78 is 16.7. The van der Waals surface area contributed by atoms with E-state index in [9.17, 15) is 0 Å². The molecule has 2 aromatic rings. The molecule has 100 valence electrons. The van der Waals surface area contributed by atoms with Crippen LogP contribution in [-0.4, -0.2) is 13.2 Å². The molecule has 1 aromatic heterocycles. The van der Waals surface area contributed by atoms with Crippen LogP contribution in [0.1, 0.15) is 23.1 Å². The molecule has 1 atom stereocenters. The Labute approximate surface area is 111 Å². The summed E-state index contributed by atoms with van der Waals surface area (Å²) in [5.41, 5.74) is 3.74. The summed E-state index contributed by atoms with van der Waals surface area (Å²) in [6, 6.07) is 9.40. The highest BCUT2D eigenvalue weighted by molar-refractivity contribution is 5.45. The second-order valence-corrected chi connectivity index (χ2v) is 4.45. The van der Waals surface area contributed by atoms with E-state index in [1.165, 1.54) is 0 Å². The Bertz CT molecular complexity index is 580. The average molecular weight is 260 g/mol. The second kappa shape index (κ2) is 4.95. The van der Waals surface area contributed by atoms with Gasteiger partial charge in [-0.2, -0.15) is 0 Å². The number of hydrazine groups is 1. The molecular weight excluding hydrogens is 244 g/mol. The number of rotatable bonds is 3. The van der Waals surface area contributed by atoms with Crippen molar-refractivity contribution in [2.24, 2.45) is 5.84 Å². The molecule has 5 heteroatoms. The summed E-state index contributed by atoms with van der Waals surface area (Å²) in [5, 5.41) is 0. The van der Waals surface area contributed by atoms with Gasteiger partial charge < -0.3 is 13.9 Å². The molecule has 0 aliphatic carbocycles. The Kier molecular flexibility index (Phi) is 3.15. The third kappa shape index (κ3) is 2.30. The van der Waals surface area contributed by atoms with Crippen molar-refractivity contribution in [2.75, 3.05) is 13.2 Å². The topological polar surface area (TPSA) is 69.7 Å². The van der Waals surface area contributed by atoms with Gasteiger partial charge in [-0.15, -0.1) is 0 Å². The number of nitrogens with one attached hydrogen (secondary N) is 1. The maximum Gasteiger partial charge on any atom is 0.161 e. The largest absolute Gasteiger partial charge is 0.486 e. The molecule has 1 aromatic carbocycles. The zero-order chi connectivity index (χ0) is 13.2. The van der Waals surface area contributed by atoms with Crippen LogP contribution in [0.3, 0.4) is 0 Å². The van der Waals surface area contributed by atoms with Crippen molar-refractivity contribution >= 4 is 0 Å². The summed E-state index contributed by atoms with van der Waals surface area (Å²) in [5.74, 6) is 8.78. The Morgan fingerprint density at radius 1 is 1.11 bits per heavy atom. The lowest BCUT2D eigenvalue weighted by atomic mass is 10.0. The fraction of sp³-hybridized carbons (Fsp3) is 0.286. The van der Waals surface area contributed by atoms with Crippen LogP contribution in [0, 0.1) is 6.92 Å². The molecule has 1 unspecified atom stereocenters. The molecular formula is C14H16N2O3. The summed E-state index contributed by atoms with van der Waals surface area (Å²) in [6.07, 6.45) is 0. The van der Waals surface area contributed by atoms with Gasteiger partial charge in [0.1, 0.15) is 30.8 Å². The highest BCUT2D eigenvalue weighted by atomic mass is 16.6. The molecule has 1 aliphatic rings. The van der Waals surface area contributed by atoms with Gasteiger partial charge >= 0.3 is 0 Å². The van der Waals surface area contributed by atoms with Crippen molar-refractivity contribution in [3.8, 4) is 11.5 Å². The van der Waals surface area contributed by atoms with Gasteiger partial charge in [-0.25, -0.2) is 5.43 Å². The van der Waals surface area contributed by atoms with E-state index in [2.05, 4.69) is 5.43 Å². The van der Waals surface area contributed by atoms with Crippen molar-refractivity contribution in [1.82, 2.24) is 5.43 Å². The first-order chi connectivity index (χ1) is 9.28. The van der Waals surface area contributed by atoms with E-state index >= 15 is 0 Å². The van der Waals surface area contributed by atoms with E-state index in [0.29, 0.717) is 13.2 Å². The highest BCUT2D eigenvalue weighted by Crippen LogP contribution is 2.34. The normalized spacial score (nSPS) is 15.3. The van der Waals surface area contributed by atoms with Crippen molar-refractivity contribution in [2.45, 2.75) is 13.0 Å². The van der Waals surface area contributed by atoms with Crippen LogP contribution in [0.5, 0.6) is 11.5 Å². The van der Waals surface area contributed by atoms with E-state index in [0.717, 1.165) is 28.6 Å². The predicted octanol–water partition coefficient (Wildman–Crippen LogP) is 1.91. The number of benzene rings is 1. The molecule has 19 heavy (non-hydrogen) atoms. The SMILES string of the molecule is Cc1ccc(C(NN)c2ccc3c(c2)OCCO3)o1. The first-order valence-corrected chi connectivity index (χ1v) is 6.20. The lowest BCUT2D eigenvalue weighted by Gasteiger charge is -2.21. The minimum absolute atomic E-state index is 0.204. The number of fused-ring (bicyclic) bond motifs is 1. The monoisotopic (exact) mass is 260 g/mol. The molecule has 2 heterocycles. The van der Waals surface area contributed by atoms with E-state index in [1.807, 2.05) is 37.3 Å². The fourth-order valence-electron chi connectivity index (χ4n) is 2.19. The van der Waals surface area contributed by atoms with Gasteiger partial charge in [0.15, 0.2) is 11.5 Å². The van der Waals surface area contributed by atoms with Crippen LogP contribution in [0.15, 0.2) is 34.7 Å². The van der Waals surface area contributed by atoms with Gasteiger partial charge in [0.05, 0.1) is 0 Å². The van der Waals surface area contributed by atoms with Gasteiger partial charge in [0, 0.05) is 0 Å². The highest BCUT2D eigenvalue weighted by Gasteiger charge is 2.19. The van der Waals surface area contributed by atoms with Gasteiger partial charge in [0.2, 0.25) is 0 Å². The van der Waals surface area contributed by atoms with Crippen LogP contribution in [0.2, 0.25) is 0 Å². The molecule has 0 saturated carbocycles. The third-order valence-electron chi connectivity index (χ3n) is 3.11. The van der Waals surface area contributed by atoms with E-state index in [1.54, 1.807) is 0 Å². The zero-order valence-electron chi connectivity index (χ0n) is 10.7. The average Bonchev–Trinajstić information content (AvgIpc) is 2.86. The van der Waals surface area contributed by atoms with Gasteiger partial charge in [0.25, 0.3) is 0 Å². The van der Waals surface area contributed by atoms with Crippen LogP contribution < -0.4 is 20.7 Å². The van der Waals surface area contributed by atoms with E-state index in [4.69, 9.17) is 19.7 Å². The summed E-state index contributed by atoms with van der Waals surface area (Å²) in [6.45, 7) is 3.06. The van der Waals surface area contributed by atoms with Crippen molar-refractivity contribution in [1.29, 1.82) is 0 Å². The Hall–Kier alpha value is -1.98. The number of nitrogens with two attached hydrogens (primary N) is 1. The number of ether oxygens (including phenoxy) is 2. The molecule has 0 saturated heterocycles. The molecule has 0 amide bonds. The molecule has 3 N–H and O–H groups in total. The van der Waals surface area contributed by atoms with Crippen molar-refractivity contribution in [3.63, 3.8) is 0 Å². The van der Waals surface area contributed by atoms with E-state index < -0.39 is 0 Å². The molecule has 0 radical (unpaired) electrons. The molecule has 0 fully saturated rings. The Balaban J connectivity index is 1.95.